The van der Waals surface area contributed by atoms with Gasteiger partial charge in [-0.2, -0.15) is 9.97 Å². The number of carbonyl (C=O) groups is 1. The van der Waals surface area contributed by atoms with Crippen LogP contribution in [0.2, 0.25) is 0 Å². The van der Waals surface area contributed by atoms with Crippen LogP contribution in [0, 0.1) is 0 Å². The second-order valence-corrected chi connectivity index (χ2v) is 8.32. The number of aromatic nitrogens is 3. The van der Waals surface area contributed by atoms with Crippen LogP contribution < -0.4 is 25.8 Å². The summed E-state index contributed by atoms with van der Waals surface area (Å²) in [4.78, 5) is 26.9. The number of hydrogen-bond acceptors (Lipinski definition) is 10. The number of likely N-dealkylation sites (tertiary alicyclic amines) is 1. The molecule has 1 aromatic heterocycles. The Morgan fingerprint density at radius 2 is 1.68 bits per heavy atom. The molecule has 4 N–H and O–H groups in total. The first kappa shape index (κ1) is 24.9. The van der Waals surface area contributed by atoms with Gasteiger partial charge in [-0.3, -0.25) is 0 Å². The van der Waals surface area contributed by atoms with Gasteiger partial charge in [-0.25, -0.2) is 4.79 Å². The zero-order valence-corrected chi connectivity index (χ0v) is 19.0. The summed E-state index contributed by atoms with van der Waals surface area (Å²) in [5.41, 5.74) is 4.99. The molecule has 11 nitrogen and oxygen atoms in total. The minimum Gasteiger partial charge on any atom is -0.463 e. The van der Waals surface area contributed by atoms with Crippen molar-refractivity contribution >= 4 is 12.0 Å². The molecular weight excluding hydrogens is 402 g/mol. The van der Waals surface area contributed by atoms with Crippen molar-refractivity contribution in [1.29, 1.82) is 0 Å². The highest BCUT2D eigenvalue weighted by atomic mass is 16.6. The molecule has 0 unspecified atom stereocenters. The number of rotatable bonds is 13. The Hall–Kier alpha value is -2.40. The van der Waals surface area contributed by atoms with Crippen LogP contribution in [0.3, 0.4) is 0 Å². The molecule has 2 rings (SSSR count). The summed E-state index contributed by atoms with van der Waals surface area (Å²) in [6.07, 6.45) is 3.34. The molecule has 0 bridgehead atoms. The average Bonchev–Trinajstić information content (AvgIpc) is 3.20. The monoisotopic (exact) mass is 439 g/mol. The topological polar surface area (TPSA) is 137 Å². The molecule has 0 aliphatic carbocycles. The van der Waals surface area contributed by atoms with E-state index in [4.69, 9.17) is 19.9 Å². The van der Waals surface area contributed by atoms with Crippen molar-refractivity contribution in [2.75, 3.05) is 57.8 Å². The van der Waals surface area contributed by atoms with Crippen LogP contribution in [0.25, 0.3) is 0 Å². The summed E-state index contributed by atoms with van der Waals surface area (Å²) >= 11 is 0. The highest BCUT2D eigenvalue weighted by molar-refractivity contribution is 5.67. The summed E-state index contributed by atoms with van der Waals surface area (Å²) < 4.78 is 16.4. The quantitative estimate of drug-likeness (QED) is 0.387. The second-order valence-electron chi connectivity index (χ2n) is 8.32. The summed E-state index contributed by atoms with van der Waals surface area (Å²) in [6, 6.07) is 0.382. The normalized spacial score (nSPS) is 14.3. The maximum Gasteiger partial charge on any atom is 0.407 e. The second kappa shape index (κ2) is 13.1. The minimum absolute atomic E-state index is 0.179. The number of nitrogens with two attached hydrogens (primary N) is 1. The van der Waals surface area contributed by atoms with Gasteiger partial charge < -0.3 is 35.5 Å². The first-order valence-corrected chi connectivity index (χ1v) is 11.0. The summed E-state index contributed by atoms with van der Waals surface area (Å²) in [5, 5.41) is 5.91. The molecule has 1 aromatic rings. The molecule has 1 aliphatic rings. The highest BCUT2D eigenvalue weighted by Crippen LogP contribution is 2.14. The van der Waals surface area contributed by atoms with E-state index in [0.29, 0.717) is 45.1 Å². The van der Waals surface area contributed by atoms with Gasteiger partial charge in [0.15, 0.2) is 0 Å². The standard InChI is InChI=1S/C20H37N7O4/c1-20(2,3)31-19(28)23-9-7-15-30-18-25-16(22-10-13-27-11-4-5-12-27)24-17(26-18)29-14-6-8-21/h4-15,21H2,1-3H3,(H,23,28)(H,22,24,25,26). The van der Waals surface area contributed by atoms with Crippen LogP contribution in [-0.4, -0.2) is 84.0 Å². The van der Waals surface area contributed by atoms with E-state index < -0.39 is 11.7 Å². The van der Waals surface area contributed by atoms with Gasteiger partial charge in [-0.15, -0.1) is 4.98 Å². The first-order chi connectivity index (χ1) is 14.9. The number of nitrogens with zero attached hydrogens (tertiary/aromatic N) is 4. The first-order valence-electron chi connectivity index (χ1n) is 11.0. The highest BCUT2D eigenvalue weighted by Gasteiger charge is 2.16. The van der Waals surface area contributed by atoms with Crippen molar-refractivity contribution in [3.05, 3.63) is 0 Å². The Labute approximate surface area is 184 Å². The van der Waals surface area contributed by atoms with Gasteiger partial charge in [-0.1, -0.05) is 0 Å². The molecule has 0 saturated carbocycles. The van der Waals surface area contributed by atoms with Crippen molar-refractivity contribution in [2.45, 2.75) is 52.1 Å². The van der Waals surface area contributed by atoms with Crippen molar-refractivity contribution in [1.82, 2.24) is 25.2 Å². The number of alkyl carbamates (subject to hydrolysis) is 1. The lowest BCUT2D eigenvalue weighted by Crippen LogP contribution is -2.33. The summed E-state index contributed by atoms with van der Waals surface area (Å²) in [5.74, 6) is 0.416. The van der Waals surface area contributed by atoms with Crippen LogP contribution in [-0.2, 0) is 4.74 Å². The third-order valence-corrected chi connectivity index (χ3v) is 4.30. The van der Waals surface area contributed by atoms with Crippen LogP contribution in [0.5, 0.6) is 12.0 Å². The molecular formula is C20H37N7O4. The van der Waals surface area contributed by atoms with Gasteiger partial charge in [0.2, 0.25) is 5.95 Å². The number of anilines is 1. The molecule has 31 heavy (non-hydrogen) atoms. The molecule has 0 radical (unpaired) electrons. The van der Waals surface area contributed by atoms with Gasteiger partial charge in [-0.05, 0) is 66.1 Å². The molecule has 0 atom stereocenters. The molecule has 176 valence electrons. The van der Waals surface area contributed by atoms with E-state index in [-0.39, 0.29) is 12.0 Å². The lowest BCUT2D eigenvalue weighted by Gasteiger charge is -2.19. The SMILES string of the molecule is CC(C)(C)OC(=O)NCCCOc1nc(NCCN2CCCC2)nc(OCCCN)n1. The summed E-state index contributed by atoms with van der Waals surface area (Å²) in [6.45, 7) is 11.1. The number of nitrogens with one attached hydrogen (secondary N) is 2. The number of carbonyl (C=O) groups excluding carboxylic acids is 1. The average molecular weight is 440 g/mol. The third-order valence-electron chi connectivity index (χ3n) is 4.30. The van der Waals surface area contributed by atoms with Gasteiger partial charge >= 0.3 is 18.1 Å². The van der Waals surface area contributed by atoms with Crippen LogP contribution in [0.15, 0.2) is 0 Å². The summed E-state index contributed by atoms with van der Waals surface area (Å²) in [7, 11) is 0. The fraction of sp³-hybridized carbons (Fsp3) is 0.800. The van der Waals surface area contributed by atoms with E-state index in [0.717, 1.165) is 26.2 Å². The molecule has 1 fully saturated rings. The van der Waals surface area contributed by atoms with Gasteiger partial charge in [0.05, 0.1) is 13.2 Å². The number of hydrogen-bond donors (Lipinski definition) is 3. The zero-order valence-electron chi connectivity index (χ0n) is 19.0. The predicted molar refractivity (Wildman–Crippen MR) is 118 cm³/mol. The maximum atomic E-state index is 11.7. The molecule has 0 spiro atoms. The zero-order chi connectivity index (χ0) is 22.5. The molecule has 0 aromatic carbocycles. The fourth-order valence-corrected chi connectivity index (χ4v) is 2.87. The fourth-order valence-electron chi connectivity index (χ4n) is 2.87. The molecule has 1 saturated heterocycles. The maximum absolute atomic E-state index is 11.7. The van der Waals surface area contributed by atoms with Gasteiger partial charge in [0, 0.05) is 19.6 Å². The van der Waals surface area contributed by atoms with E-state index >= 15 is 0 Å². The minimum atomic E-state index is -0.524. The molecule has 2 heterocycles. The lowest BCUT2D eigenvalue weighted by molar-refractivity contribution is 0.0525. The Balaban J connectivity index is 1.80. The van der Waals surface area contributed by atoms with Crippen molar-refractivity contribution in [2.24, 2.45) is 5.73 Å². The van der Waals surface area contributed by atoms with E-state index in [9.17, 15) is 4.79 Å². The van der Waals surface area contributed by atoms with Gasteiger partial charge in [0.1, 0.15) is 5.60 Å². The Morgan fingerprint density at radius 1 is 1.03 bits per heavy atom. The predicted octanol–water partition coefficient (Wildman–Crippen LogP) is 1.40. The van der Waals surface area contributed by atoms with Gasteiger partial charge in [0.25, 0.3) is 0 Å². The smallest absolute Gasteiger partial charge is 0.407 e. The third kappa shape index (κ3) is 11.0. The Kier molecular flexibility index (Phi) is 10.5. The Bertz CT molecular complexity index is 663. The van der Waals surface area contributed by atoms with Crippen molar-refractivity contribution < 1.29 is 19.0 Å². The lowest BCUT2D eigenvalue weighted by atomic mass is 10.2. The van der Waals surface area contributed by atoms with Crippen LogP contribution >= 0.6 is 0 Å². The van der Waals surface area contributed by atoms with Crippen LogP contribution in [0.4, 0.5) is 10.7 Å². The van der Waals surface area contributed by atoms with E-state index in [1.807, 2.05) is 20.8 Å². The largest absolute Gasteiger partial charge is 0.463 e. The molecule has 11 heteroatoms. The number of ether oxygens (including phenoxy) is 3. The van der Waals surface area contributed by atoms with E-state index in [1.165, 1.54) is 12.8 Å². The molecule has 1 aliphatic heterocycles. The van der Waals surface area contributed by atoms with E-state index in [1.54, 1.807) is 0 Å². The van der Waals surface area contributed by atoms with E-state index in [2.05, 4.69) is 30.5 Å². The number of amides is 1. The Morgan fingerprint density at radius 3 is 2.29 bits per heavy atom. The van der Waals surface area contributed by atoms with Crippen molar-refractivity contribution in [3.8, 4) is 12.0 Å². The van der Waals surface area contributed by atoms with Crippen molar-refractivity contribution in [3.63, 3.8) is 0 Å². The molecule has 1 amide bonds. The van der Waals surface area contributed by atoms with Crippen LogP contribution in [0.1, 0.15) is 46.5 Å².